The lowest BCUT2D eigenvalue weighted by atomic mass is 10.0. The van der Waals surface area contributed by atoms with Gasteiger partial charge in [0.05, 0.1) is 17.1 Å². The van der Waals surface area contributed by atoms with E-state index in [0.717, 1.165) is 0 Å². The van der Waals surface area contributed by atoms with E-state index in [0.29, 0.717) is 22.4 Å². The molecule has 4 nitrogen and oxygen atoms in total. The number of rotatable bonds is 2. The fraction of sp³-hybridized carbons (Fsp3) is 0.250. The van der Waals surface area contributed by atoms with Gasteiger partial charge in [0.15, 0.2) is 0 Å². The van der Waals surface area contributed by atoms with Crippen LogP contribution in [0.2, 0.25) is 0 Å². The van der Waals surface area contributed by atoms with Gasteiger partial charge in [0.1, 0.15) is 11.6 Å². The van der Waals surface area contributed by atoms with Crippen molar-refractivity contribution in [1.82, 2.24) is 9.97 Å². The summed E-state index contributed by atoms with van der Waals surface area (Å²) in [6, 6.07) is 4.09. The summed E-state index contributed by atoms with van der Waals surface area (Å²) in [5, 5.41) is 9.45. The number of carboxylic acids is 1. The van der Waals surface area contributed by atoms with Crippen LogP contribution in [0.4, 0.5) is 4.39 Å². The van der Waals surface area contributed by atoms with Crippen molar-refractivity contribution in [2.75, 3.05) is 0 Å². The average molecular weight is 234 g/mol. The Hall–Kier alpha value is -2.04. The number of halogens is 1. The maximum absolute atomic E-state index is 13.2. The normalized spacial score (nSPS) is 12.6. The molecular weight excluding hydrogens is 223 g/mol. The summed E-state index contributed by atoms with van der Waals surface area (Å²) in [5.74, 6) is -1.73. The van der Waals surface area contributed by atoms with Crippen molar-refractivity contribution in [2.24, 2.45) is 0 Å². The quantitative estimate of drug-likeness (QED) is 0.865. The summed E-state index contributed by atoms with van der Waals surface area (Å²) in [5.41, 5.74) is 0.904. The number of hydrogen-bond acceptors (Lipinski definition) is 3. The molecule has 0 saturated heterocycles. The molecule has 0 bridgehead atoms. The number of hydrogen-bond donors (Lipinski definition) is 1. The fourth-order valence-electron chi connectivity index (χ4n) is 1.69. The standard InChI is InChI=1S/C12H11FN2O2/c1-6(12(16)17)11-9-5-8(13)3-4-10(9)14-7(2)15-11/h3-6H,1-2H3,(H,16,17). The number of aryl methyl sites for hydroxylation is 1. The van der Waals surface area contributed by atoms with Gasteiger partial charge in [-0.2, -0.15) is 0 Å². The highest BCUT2D eigenvalue weighted by Gasteiger charge is 2.19. The summed E-state index contributed by atoms with van der Waals surface area (Å²) in [6.07, 6.45) is 0. The third-order valence-corrected chi connectivity index (χ3v) is 2.58. The van der Waals surface area contributed by atoms with Crippen molar-refractivity contribution in [2.45, 2.75) is 19.8 Å². The number of carbonyl (C=O) groups is 1. The van der Waals surface area contributed by atoms with Gasteiger partial charge in [-0.1, -0.05) is 0 Å². The lowest BCUT2D eigenvalue weighted by Gasteiger charge is -2.10. The monoisotopic (exact) mass is 234 g/mol. The zero-order valence-electron chi connectivity index (χ0n) is 9.44. The van der Waals surface area contributed by atoms with E-state index in [1.165, 1.54) is 25.1 Å². The Morgan fingerprint density at radius 3 is 2.76 bits per heavy atom. The molecule has 17 heavy (non-hydrogen) atoms. The highest BCUT2D eigenvalue weighted by atomic mass is 19.1. The predicted molar refractivity (Wildman–Crippen MR) is 60.3 cm³/mol. The van der Waals surface area contributed by atoms with Crippen LogP contribution >= 0.6 is 0 Å². The van der Waals surface area contributed by atoms with Crippen LogP contribution in [0, 0.1) is 12.7 Å². The summed E-state index contributed by atoms with van der Waals surface area (Å²) in [6.45, 7) is 3.20. The van der Waals surface area contributed by atoms with E-state index in [9.17, 15) is 9.18 Å². The Bertz CT molecular complexity index is 598. The second-order valence-corrected chi connectivity index (χ2v) is 3.88. The molecule has 2 rings (SSSR count). The minimum Gasteiger partial charge on any atom is -0.481 e. The molecule has 0 spiro atoms. The van der Waals surface area contributed by atoms with Gasteiger partial charge in [-0.3, -0.25) is 4.79 Å². The molecule has 0 saturated carbocycles. The maximum Gasteiger partial charge on any atom is 0.312 e. The van der Waals surface area contributed by atoms with Crippen LogP contribution in [-0.4, -0.2) is 21.0 Å². The minimum absolute atomic E-state index is 0.347. The zero-order chi connectivity index (χ0) is 12.6. The molecule has 0 aliphatic heterocycles. The summed E-state index contributed by atoms with van der Waals surface area (Å²) in [7, 11) is 0. The molecule has 0 aliphatic carbocycles. The SMILES string of the molecule is Cc1nc(C(C)C(=O)O)c2cc(F)ccc2n1. The van der Waals surface area contributed by atoms with Crippen molar-refractivity contribution in [1.29, 1.82) is 0 Å². The lowest BCUT2D eigenvalue weighted by molar-refractivity contribution is -0.138. The van der Waals surface area contributed by atoms with Crippen molar-refractivity contribution < 1.29 is 14.3 Å². The minimum atomic E-state index is -0.992. The second kappa shape index (κ2) is 4.08. The predicted octanol–water partition coefficient (Wildman–Crippen LogP) is 2.27. The number of fused-ring (bicyclic) bond motifs is 1. The van der Waals surface area contributed by atoms with Crippen LogP contribution in [-0.2, 0) is 4.79 Å². The van der Waals surface area contributed by atoms with Crippen molar-refractivity contribution in [3.05, 3.63) is 35.5 Å². The first-order chi connectivity index (χ1) is 7.99. The van der Waals surface area contributed by atoms with E-state index < -0.39 is 17.7 Å². The molecule has 1 aromatic heterocycles. The van der Waals surface area contributed by atoms with Crippen LogP contribution in [0.25, 0.3) is 10.9 Å². The molecule has 5 heteroatoms. The first kappa shape index (κ1) is 11.4. The van der Waals surface area contributed by atoms with Gasteiger partial charge in [-0.05, 0) is 32.0 Å². The van der Waals surface area contributed by atoms with Crippen LogP contribution in [0.1, 0.15) is 24.4 Å². The molecule has 0 fully saturated rings. The molecule has 0 aliphatic rings. The maximum atomic E-state index is 13.2. The average Bonchev–Trinajstić information content (AvgIpc) is 2.27. The van der Waals surface area contributed by atoms with Gasteiger partial charge >= 0.3 is 5.97 Å². The molecule has 1 heterocycles. The van der Waals surface area contributed by atoms with E-state index in [1.807, 2.05) is 0 Å². The Balaban J connectivity index is 2.76. The Labute approximate surface area is 97.1 Å². The number of aliphatic carboxylic acids is 1. The number of benzene rings is 1. The van der Waals surface area contributed by atoms with Crippen LogP contribution in [0.5, 0.6) is 0 Å². The number of nitrogens with zero attached hydrogens (tertiary/aromatic N) is 2. The zero-order valence-corrected chi connectivity index (χ0v) is 9.44. The Morgan fingerprint density at radius 2 is 2.12 bits per heavy atom. The van der Waals surface area contributed by atoms with Crippen LogP contribution < -0.4 is 0 Å². The molecule has 88 valence electrons. The largest absolute Gasteiger partial charge is 0.481 e. The molecule has 1 N–H and O–H groups in total. The summed E-state index contributed by atoms with van der Waals surface area (Å²) >= 11 is 0. The molecule has 2 aromatic rings. The number of carboxylic acid groups (broad SMARTS) is 1. The van der Waals surface area contributed by atoms with Crippen molar-refractivity contribution in [3.8, 4) is 0 Å². The third kappa shape index (κ3) is 2.08. The topological polar surface area (TPSA) is 63.1 Å². The highest BCUT2D eigenvalue weighted by molar-refractivity contribution is 5.87. The third-order valence-electron chi connectivity index (χ3n) is 2.58. The summed E-state index contributed by atoms with van der Waals surface area (Å²) < 4.78 is 13.2. The second-order valence-electron chi connectivity index (χ2n) is 3.88. The smallest absolute Gasteiger partial charge is 0.312 e. The van der Waals surface area contributed by atoms with Gasteiger partial charge in [0.25, 0.3) is 0 Å². The van der Waals surface area contributed by atoms with Gasteiger partial charge < -0.3 is 5.11 Å². The molecule has 0 amide bonds. The fourth-order valence-corrected chi connectivity index (χ4v) is 1.69. The van der Waals surface area contributed by atoms with Crippen LogP contribution in [0.3, 0.4) is 0 Å². The van der Waals surface area contributed by atoms with Gasteiger partial charge in [0, 0.05) is 5.39 Å². The van der Waals surface area contributed by atoms with Gasteiger partial charge in [-0.25, -0.2) is 14.4 Å². The summed E-state index contributed by atoms with van der Waals surface area (Å²) in [4.78, 5) is 19.2. The first-order valence-corrected chi connectivity index (χ1v) is 5.15. The van der Waals surface area contributed by atoms with E-state index in [2.05, 4.69) is 9.97 Å². The van der Waals surface area contributed by atoms with Gasteiger partial charge in [0.2, 0.25) is 0 Å². The van der Waals surface area contributed by atoms with Crippen LogP contribution in [0.15, 0.2) is 18.2 Å². The van der Waals surface area contributed by atoms with E-state index in [-0.39, 0.29) is 0 Å². The molecule has 1 atom stereocenters. The van der Waals surface area contributed by atoms with Gasteiger partial charge in [-0.15, -0.1) is 0 Å². The number of aromatic nitrogens is 2. The first-order valence-electron chi connectivity index (χ1n) is 5.15. The Kier molecular flexibility index (Phi) is 2.75. The van der Waals surface area contributed by atoms with Crippen molar-refractivity contribution >= 4 is 16.9 Å². The molecule has 0 radical (unpaired) electrons. The van der Waals surface area contributed by atoms with E-state index in [4.69, 9.17) is 5.11 Å². The Morgan fingerprint density at radius 1 is 1.41 bits per heavy atom. The molecule has 1 aromatic carbocycles. The molecular formula is C12H11FN2O2. The van der Waals surface area contributed by atoms with Crippen molar-refractivity contribution in [3.63, 3.8) is 0 Å². The lowest BCUT2D eigenvalue weighted by Crippen LogP contribution is -2.11. The molecule has 1 unspecified atom stereocenters. The van der Waals surface area contributed by atoms with E-state index in [1.54, 1.807) is 6.92 Å². The highest BCUT2D eigenvalue weighted by Crippen LogP contribution is 2.23. The van der Waals surface area contributed by atoms with E-state index >= 15 is 0 Å².